The molecule has 2 atom stereocenters. The quantitative estimate of drug-likeness (QED) is 0.0963. The fourth-order valence-electron chi connectivity index (χ4n) is 4.43. The lowest BCUT2D eigenvalue weighted by Crippen LogP contribution is -2.24. The molecule has 1 unspecified atom stereocenters. The number of benzene rings is 1. The molecule has 0 amide bonds. The van der Waals surface area contributed by atoms with Crippen LogP contribution in [0.4, 0.5) is 0 Å². The number of imidazole rings is 1. The molecule has 222 valence electrons. The smallest absolute Gasteiger partial charge is 0.404 e. The van der Waals surface area contributed by atoms with Crippen molar-refractivity contribution in [1.82, 2.24) is 9.55 Å². The van der Waals surface area contributed by atoms with Crippen LogP contribution in [0, 0.1) is 0 Å². The number of ether oxygens (including phenoxy) is 2. The standard InChI is InChI=1S/C30H51N2O6P/c1-3-4-5-6-7-8-9-10-11-12-13-14-15-16-22-36-25-30(35-2)26-37-39(33,34)38-29-19-17-18-28(23-29)24-32-21-20-31-27-32/h17-21,23,27,30H,3-16,22,24-26H2,1-2H3,(H,33,34)/t30-/m1/s1. The van der Waals surface area contributed by atoms with E-state index in [1.54, 1.807) is 30.7 Å². The number of rotatable bonds is 25. The number of methoxy groups -OCH3 is 1. The first-order valence-corrected chi connectivity index (χ1v) is 16.3. The lowest BCUT2D eigenvalue weighted by Gasteiger charge is -2.18. The number of phosphoric acid groups is 1. The van der Waals surface area contributed by atoms with Gasteiger partial charge in [0.25, 0.3) is 0 Å². The van der Waals surface area contributed by atoms with E-state index in [2.05, 4.69) is 11.9 Å². The number of hydrogen-bond acceptors (Lipinski definition) is 6. The molecule has 1 heterocycles. The Morgan fingerprint density at radius 2 is 1.56 bits per heavy atom. The molecule has 0 saturated carbocycles. The summed E-state index contributed by atoms with van der Waals surface area (Å²) < 4.78 is 35.9. The molecule has 2 aromatic rings. The summed E-state index contributed by atoms with van der Waals surface area (Å²) in [7, 11) is -2.77. The van der Waals surface area contributed by atoms with Gasteiger partial charge in [0.2, 0.25) is 0 Å². The number of nitrogens with zero attached hydrogens (tertiary/aromatic N) is 2. The molecule has 1 aromatic heterocycles. The van der Waals surface area contributed by atoms with Gasteiger partial charge in [0.15, 0.2) is 0 Å². The number of aromatic nitrogens is 2. The molecule has 0 saturated heterocycles. The van der Waals surface area contributed by atoms with Crippen molar-refractivity contribution >= 4 is 7.82 Å². The molecule has 8 nitrogen and oxygen atoms in total. The van der Waals surface area contributed by atoms with Gasteiger partial charge in [-0.05, 0) is 24.1 Å². The van der Waals surface area contributed by atoms with Crippen molar-refractivity contribution in [3.8, 4) is 5.75 Å². The summed E-state index contributed by atoms with van der Waals surface area (Å²) in [6.45, 7) is 3.70. The first-order chi connectivity index (χ1) is 19.0. The van der Waals surface area contributed by atoms with Crippen molar-refractivity contribution in [2.75, 3.05) is 26.9 Å². The summed E-state index contributed by atoms with van der Waals surface area (Å²) in [5, 5.41) is 0. The number of phosphoric ester groups is 1. The molecule has 1 N–H and O–H groups in total. The minimum atomic E-state index is -4.30. The Hall–Kier alpha value is -1.70. The fraction of sp³-hybridized carbons (Fsp3) is 0.700. The van der Waals surface area contributed by atoms with Gasteiger partial charge in [0.1, 0.15) is 11.9 Å². The summed E-state index contributed by atoms with van der Waals surface area (Å²) in [5.41, 5.74) is 0.914. The van der Waals surface area contributed by atoms with Crippen molar-refractivity contribution in [3.63, 3.8) is 0 Å². The normalized spacial score (nSPS) is 13.8. The van der Waals surface area contributed by atoms with Crippen molar-refractivity contribution in [2.24, 2.45) is 0 Å². The van der Waals surface area contributed by atoms with Crippen molar-refractivity contribution < 1.29 is 28.0 Å². The highest BCUT2D eigenvalue weighted by Gasteiger charge is 2.25. The topological polar surface area (TPSA) is 92.0 Å². The van der Waals surface area contributed by atoms with Gasteiger partial charge in [-0.2, -0.15) is 0 Å². The maximum Gasteiger partial charge on any atom is 0.527 e. The second-order valence-corrected chi connectivity index (χ2v) is 11.6. The van der Waals surface area contributed by atoms with E-state index >= 15 is 0 Å². The Morgan fingerprint density at radius 3 is 2.15 bits per heavy atom. The third kappa shape index (κ3) is 16.9. The predicted octanol–water partition coefficient (Wildman–Crippen LogP) is 7.94. The van der Waals surface area contributed by atoms with Gasteiger partial charge < -0.3 is 18.6 Å². The van der Waals surface area contributed by atoms with Crippen LogP contribution in [0.25, 0.3) is 0 Å². The third-order valence-electron chi connectivity index (χ3n) is 6.75. The molecule has 0 aliphatic rings. The van der Waals surface area contributed by atoms with Crippen LogP contribution < -0.4 is 4.52 Å². The van der Waals surface area contributed by atoms with E-state index in [1.807, 2.05) is 16.8 Å². The highest BCUT2D eigenvalue weighted by Crippen LogP contribution is 2.44. The van der Waals surface area contributed by atoms with Gasteiger partial charge >= 0.3 is 7.82 Å². The molecule has 0 spiro atoms. The highest BCUT2D eigenvalue weighted by atomic mass is 31.2. The molecule has 0 radical (unpaired) electrons. The van der Waals surface area contributed by atoms with Crippen molar-refractivity contribution in [2.45, 2.75) is 109 Å². The minimum Gasteiger partial charge on any atom is -0.404 e. The molecular formula is C30H51N2O6P. The number of hydrogen-bond donors (Lipinski definition) is 1. The summed E-state index contributed by atoms with van der Waals surface area (Å²) in [6.07, 6.45) is 23.3. The zero-order valence-corrected chi connectivity index (χ0v) is 25.1. The molecule has 39 heavy (non-hydrogen) atoms. The summed E-state index contributed by atoms with van der Waals surface area (Å²) in [5.74, 6) is 0.265. The third-order valence-corrected chi connectivity index (χ3v) is 7.66. The van der Waals surface area contributed by atoms with Crippen LogP contribution in [0.2, 0.25) is 0 Å². The molecule has 0 fully saturated rings. The van der Waals surface area contributed by atoms with Crippen molar-refractivity contribution in [1.29, 1.82) is 0 Å². The maximum atomic E-state index is 12.5. The van der Waals surface area contributed by atoms with E-state index in [-0.39, 0.29) is 12.4 Å². The second-order valence-electron chi connectivity index (χ2n) is 10.3. The van der Waals surface area contributed by atoms with E-state index in [9.17, 15) is 9.46 Å². The monoisotopic (exact) mass is 566 g/mol. The zero-order chi connectivity index (χ0) is 28.0. The molecule has 0 bridgehead atoms. The van der Waals surface area contributed by atoms with Gasteiger partial charge in [0.05, 0.1) is 19.5 Å². The van der Waals surface area contributed by atoms with Gasteiger partial charge in [-0.25, -0.2) is 9.55 Å². The lowest BCUT2D eigenvalue weighted by molar-refractivity contribution is -0.0197. The molecule has 0 aliphatic heterocycles. The molecule has 1 aromatic carbocycles. The Labute approximate surface area is 236 Å². The van der Waals surface area contributed by atoms with Crippen LogP contribution in [0.5, 0.6) is 5.75 Å². The average molecular weight is 567 g/mol. The summed E-state index contributed by atoms with van der Waals surface area (Å²) in [6, 6.07) is 7.01. The van der Waals surface area contributed by atoms with Gasteiger partial charge in [0, 0.05) is 32.7 Å². The van der Waals surface area contributed by atoms with Crippen molar-refractivity contribution in [3.05, 3.63) is 48.5 Å². The van der Waals surface area contributed by atoms with Gasteiger partial charge in [-0.1, -0.05) is 103 Å². The molecule has 9 heteroatoms. The minimum absolute atomic E-state index is 0.0995. The SMILES string of the molecule is CCCCCCCCCCCCCCCCOC[C@H](COP(=O)(O)Oc1cccc(Cn2ccnc2)c1)OC. The lowest BCUT2D eigenvalue weighted by atomic mass is 10.0. The summed E-state index contributed by atoms with van der Waals surface area (Å²) in [4.78, 5) is 14.2. The second kappa shape index (κ2) is 21.1. The van der Waals surface area contributed by atoms with Crippen LogP contribution in [-0.4, -0.2) is 47.5 Å². The van der Waals surface area contributed by atoms with E-state index < -0.39 is 13.9 Å². The largest absolute Gasteiger partial charge is 0.527 e. The molecule has 2 rings (SSSR count). The van der Waals surface area contributed by atoms with Crippen LogP contribution in [-0.2, 0) is 25.1 Å². The van der Waals surface area contributed by atoms with Crippen LogP contribution >= 0.6 is 7.82 Å². The maximum absolute atomic E-state index is 12.5. The Kier molecular flexibility index (Phi) is 18.1. The zero-order valence-electron chi connectivity index (χ0n) is 24.2. The highest BCUT2D eigenvalue weighted by molar-refractivity contribution is 7.47. The fourth-order valence-corrected chi connectivity index (χ4v) is 5.21. The van der Waals surface area contributed by atoms with Crippen LogP contribution in [0.15, 0.2) is 43.0 Å². The first kappa shape index (κ1) is 33.5. The van der Waals surface area contributed by atoms with Gasteiger partial charge in [-0.15, -0.1) is 0 Å². The number of unbranched alkanes of at least 4 members (excludes halogenated alkanes) is 13. The van der Waals surface area contributed by atoms with E-state index in [1.165, 1.54) is 84.2 Å². The first-order valence-electron chi connectivity index (χ1n) is 14.8. The van der Waals surface area contributed by atoms with Crippen LogP contribution in [0.3, 0.4) is 0 Å². The van der Waals surface area contributed by atoms with E-state index in [0.29, 0.717) is 19.8 Å². The Morgan fingerprint density at radius 1 is 0.923 bits per heavy atom. The summed E-state index contributed by atoms with van der Waals surface area (Å²) >= 11 is 0. The molecular weight excluding hydrogens is 515 g/mol. The Bertz CT molecular complexity index is 895. The predicted molar refractivity (Wildman–Crippen MR) is 156 cm³/mol. The molecule has 0 aliphatic carbocycles. The Balaban J connectivity index is 1.48. The average Bonchev–Trinajstić information content (AvgIpc) is 3.43. The van der Waals surface area contributed by atoms with Gasteiger partial charge in [-0.3, -0.25) is 9.42 Å². The van der Waals surface area contributed by atoms with E-state index in [4.69, 9.17) is 18.5 Å². The van der Waals surface area contributed by atoms with Crippen LogP contribution in [0.1, 0.15) is 102 Å². The van der Waals surface area contributed by atoms with E-state index in [0.717, 1.165) is 18.4 Å².